The van der Waals surface area contributed by atoms with Crippen LogP contribution in [0.25, 0.3) is 10.2 Å². The van der Waals surface area contributed by atoms with E-state index in [1.54, 1.807) is 11.3 Å². The number of amides is 1. The van der Waals surface area contributed by atoms with E-state index in [1.165, 1.54) is 27.8 Å². The Kier molecular flexibility index (Phi) is 5.69. The van der Waals surface area contributed by atoms with Crippen molar-refractivity contribution in [2.75, 3.05) is 11.1 Å². The quantitative estimate of drug-likeness (QED) is 0.437. The number of carbonyl (C=O) groups is 1. The molecule has 7 nitrogen and oxygen atoms in total. The molecule has 0 saturated carbocycles. The molecule has 0 aliphatic carbocycles. The summed E-state index contributed by atoms with van der Waals surface area (Å²) in [6.45, 7) is 3.90. The molecular formula is C18H17N5O2S3. The second-order valence-electron chi connectivity index (χ2n) is 6.03. The number of nitrogens with zero attached hydrogens (tertiary/aromatic N) is 4. The zero-order valence-corrected chi connectivity index (χ0v) is 17.7. The molecular weight excluding hydrogens is 414 g/mol. The first-order valence-electron chi connectivity index (χ1n) is 8.60. The maximum Gasteiger partial charge on any atom is 0.277 e. The molecule has 0 atom stereocenters. The molecule has 0 aliphatic rings. The van der Waals surface area contributed by atoms with E-state index < -0.39 is 0 Å². The zero-order chi connectivity index (χ0) is 19.5. The third-order valence-corrected chi connectivity index (χ3v) is 6.84. The lowest BCUT2D eigenvalue weighted by atomic mass is 10.3. The van der Waals surface area contributed by atoms with Crippen LogP contribution in [0.4, 0.5) is 5.13 Å². The van der Waals surface area contributed by atoms with E-state index >= 15 is 0 Å². The second kappa shape index (κ2) is 8.38. The van der Waals surface area contributed by atoms with E-state index in [2.05, 4.69) is 31.5 Å². The number of nitrogens with one attached hydrogen (secondary N) is 1. The van der Waals surface area contributed by atoms with Gasteiger partial charge in [-0.15, -0.1) is 32.9 Å². The molecule has 10 heteroatoms. The van der Waals surface area contributed by atoms with Crippen molar-refractivity contribution in [3.8, 4) is 0 Å². The largest absolute Gasteiger partial charge is 0.416 e. The van der Waals surface area contributed by atoms with Crippen LogP contribution in [-0.2, 0) is 17.6 Å². The zero-order valence-electron chi connectivity index (χ0n) is 15.3. The number of fused-ring (bicyclic) bond motifs is 1. The van der Waals surface area contributed by atoms with Crippen LogP contribution in [-0.4, -0.2) is 31.8 Å². The standard InChI is InChI=1S/C18H17N5O2S3/c1-10-11(2)27-17(19-10)21-14(24)9-26-18-23-22-15(25-18)7-8-16-20-12-5-3-4-6-13(12)28-16/h3-6H,7-9H2,1-2H3,(H,19,21,24). The van der Waals surface area contributed by atoms with Gasteiger partial charge in [0.1, 0.15) is 0 Å². The fourth-order valence-corrected chi connectivity index (χ4v) is 4.83. The molecule has 0 radical (unpaired) electrons. The Hall–Kier alpha value is -2.30. The predicted molar refractivity (Wildman–Crippen MR) is 112 cm³/mol. The third-order valence-electron chi connectivity index (χ3n) is 3.94. The molecule has 4 rings (SSSR count). The SMILES string of the molecule is Cc1nc(NC(=O)CSc2nnc(CCc3nc4ccccc4s3)o2)sc1C. The number of hydrogen-bond donors (Lipinski definition) is 1. The minimum atomic E-state index is -0.145. The van der Waals surface area contributed by atoms with Gasteiger partial charge in [-0.3, -0.25) is 4.79 Å². The molecule has 3 aromatic heterocycles. The topological polar surface area (TPSA) is 93.8 Å². The van der Waals surface area contributed by atoms with Crippen LogP contribution in [0.5, 0.6) is 0 Å². The van der Waals surface area contributed by atoms with E-state index in [1.807, 2.05) is 32.0 Å². The lowest BCUT2D eigenvalue weighted by molar-refractivity contribution is -0.113. The molecule has 0 fully saturated rings. The number of thioether (sulfide) groups is 1. The van der Waals surface area contributed by atoms with Gasteiger partial charge < -0.3 is 9.73 Å². The number of anilines is 1. The van der Waals surface area contributed by atoms with Crippen LogP contribution in [0.2, 0.25) is 0 Å². The van der Waals surface area contributed by atoms with Crippen LogP contribution in [0.1, 0.15) is 21.5 Å². The molecule has 0 bridgehead atoms. The number of aromatic nitrogens is 4. The fraction of sp³-hybridized carbons (Fsp3) is 0.278. The van der Waals surface area contributed by atoms with E-state index in [9.17, 15) is 4.79 Å². The first kappa shape index (κ1) is 19.0. The number of para-hydroxylation sites is 1. The molecule has 1 N–H and O–H groups in total. The summed E-state index contributed by atoms with van der Waals surface area (Å²) in [6, 6.07) is 8.08. The van der Waals surface area contributed by atoms with Crippen molar-refractivity contribution in [1.29, 1.82) is 0 Å². The Morgan fingerprint density at radius 1 is 1.14 bits per heavy atom. The first-order valence-corrected chi connectivity index (χ1v) is 11.2. The highest BCUT2D eigenvalue weighted by atomic mass is 32.2. The Labute approximate surface area is 173 Å². The van der Waals surface area contributed by atoms with Crippen molar-refractivity contribution < 1.29 is 9.21 Å². The van der Waals surface area contributed by atoms with Gasteiger partial charge in [0.25, 0.3) is 5.22 Å². The van der Waals surface area contributed by atoms with Crippen LogP contribution < -0.4 is 5.32 Å². The number of rotatable bonds is 7. The normalized spacial score (nSPS) is 11.2. The average molecular weight is 432 g/mol. The van der Waals surface area contributed by atoms with Crippen LogP contribution >= 0.6 is 34.4 Å². The molecule has 0 saturated heterocycles. The third kappa shape index (κ3) is 4.57. The Morgan fingerprint density at radius 2 is 2.00 bits per heavy atom. The van der Waals surface area contributed by atoms with Crippen molar-refractivity contribution in [2.24, 2.45) is 0 Å². The van der Waals surface area contributed by atoms with Gasteiger partial charge in [-0.25, -0.2) is 9.97 Å². The summed E-state index contributed by atoms with van der Waals surface area (Å²) in [5.74, 6) is 0.596. The minimum Gasteiger partial charge on any atom is -0.416 e. The lowest BCUT2D eigenvalue weighted by Gasteiger charge is -1.98. The number of benzene rings is 1. The van der Waals surface area contributed by atoms with Gasteiger partial charge in [0.2, 0.25) is 11.8 Å². The summed E-state index contributed by atoms with van der Waals surface area (Å²) in [5.41, 5.74) is 1.95. The molecule has 3 heterocycles. The van der Waals surface area contributed by atoms with Crippen LogP contribution in [0, 0.1) is 13.8 Å². The van der Waals surface area contributed by atoms with Crippen molar-refractivity contribution in [2.45, 2.75) is 31.9 Å². The second-order valence-corrected chi connectivity index (χ2v) is 9.28. The summed E-state index contributed by atoms with van der Waals surface area (Å²) >= 11 is 4.36. The summed E-state index contributed by atoms with van der Waals surface area (Å²) < 4.78 is 6.80. The van der Waals surface area contributed by atoms with Crippen molar-refractivity contribution in [1.82, 2.24) is 20.2 Å². The smallest absolute Gasteiger partial charge is 0.277 e. The van der Waals surface area contributed by atoms with Gasteiger partial charge in [-0.05, 0) is 26.0 Å². The molecule has 28 heavy (non-hydrogen) atoms. The average Bonchev–Trinajstić information content (AvgIpc) is 3.37. The monoisotopic (exact) mass is 431 g/mol. The summed E-state index contributed by atoms with van der Waals surface area (Å²) in [4.78, 5) is 22.0. The maximum atomic E-state index is 12.0. The highest BCUT2D eigenvalue weighted by molar-refractivity contribution is 7.99. The summed E-state index contributed by atoms with van der Waals surface area (Å²) in [5, 5.41) is 12.9. The molecule has 144 valence electrons. The molecule has 0 spiro atoms. The number of carbonyl (C=O) groups excluding carboxylic acids is 1. The summed E-state index contributed by atoms with van der Waals surface area (Å²) in [7, 11) is 0. The number of hydrogen-bond acceptors (Lipinski definition) is 9. The van der Waals surface area contributed by atoms with Crippen LogP contribution in [0.15, 0.2) is 33.9 Å². The minimum absolute atomic E-state index is 0.145. The van der Waals surface area contributed by atoms with E-state index in [0.29, 0.717) is 22.7 Å². The van der Waals surface area contributed by atoms with E-state index in [4.69, 9.17) is 4.42 Å². The van der Waals surface area contributed by atoms with Crippen molar-refractivity contribution >= 4 is 55.7 Å². The molecule has 4 aromatic rings. The Morgan fingerprint density at radius 3 is 2.79 bits per heavy atom. The van der Waals surface area contributed by atoms with Crippen molar-refractivity contribution in [3.05, 3.63) is 45.7 Å². The molecule has 0 unspecified atom stereocenters. The van der Waals surface area contributed by atoms with Gasteiger partial charge in [-0.1, -0.05) is 23.9 Å². The lowest BCUT2D eigenvalue weighted by Crippen LogP contribution is -2.13. The van der Waals surface area contributed by atoms with Gasteiger partial charge in [0.15, 0.2) is 5.13 Å². The fourth-order valence-electron chi connectivity index (χ4n) is 2.45. The molecule has 1 amide bonds. The molecule has 0 aliphatic heterocycles. The van der Waals surface area contributed by atoms with Gasteiger partial charge >= 0.3 is 0 Å². The number of aryl methyl sites for hydroxylation is 4. The van der Waals surface area contributed by atoms with Crippen molar-refractivity contribution in [3.63, 3.8) is 0 Å². The Balaban J connectivity index is 1.27. The van der Waals surface area contributed by atoms with Crippen LogP contribution in [0.3, 0.4) is 0 Å². The highest BCUT2D eigenvalue weighted by Gasteiger charge is 2.13. The molecule has 1 aromatic carbocycles. The van der Waals surface area contributed by atoms with Gasteiger partial charge in [0.05, 0.1) is 26.7 Å². The summed E-state index contributed by atoms with van der Waals surface area (Å²) in [6.07, 6.45) is 1.37. The van der Waals surface area contributed by atoms with Gasteiger partial charge in [-0.2, -0.15) is 0 Å². The first-order chi connectivity index (χ1) is 13.6. The number of thiazole rings is 2. The van der Waals surface area contributed by atoms with E-state index in [-0.39, 0.29) is 11.7 Å². The highest BCUT2D eigenvalue weighted by Crippen LogP contribution is 2.24. The Bertz CT molecular complexity index is 1070. The maximum absolute atomic E-state index is 12.0. The van der Waals surface area contributed by atoms with E-state index in [0.717, 1.165) is 27.5 Å². The predicted octanol–water partition coefficient (Wildman–Crippen LogP) is 4.27. The van der Waals surface area contributed by atoms with Gasteiger partial charge in [0, 0.05) is 17.7 Å².